The van der Waals surface area contributed by atoms with E-state index in [1.54, 1.807) is 0 Å². The Labute approximate surface area is 62.3 Å². The minimum atomic E-state index is -0.889. The molecule has 0 spiro atoms. The molecule has 2 nitrogen and oxygen atoms in total. The molecule has 1 radical (unpaired) electrons. The summed E-state index contributed by atoms with van der Waals surface area (Å²) >= 11 is 13.7. The van der Waals surface area contributed by atoms with Crippen molar-refractivity contribution in [2.24, 2.45) is 0 Å². The highest BCUT2D eigenvalue weighted by Gasteiger charge is 1.72. The molecule has 0 heterocycles. The van der Waals surface area contributed by atoms with Gasteiger partial charge in [0.2, 0.25) is 0 Å². The Morgan fingerprint density at radius 1 is 1.38 bits per heavy atom. The number of carbonyl (C=O) groups excluding carboxylic acids is 1. The minimum absolute atomic E-state index is 0.165. The van der Waals surface area contributed by atoms with Crippen LogP contribution in [0.4, 0.5) is 4.79 Å². The lowest BCUT2D eigenvalue weighted by molar-refractivity contribution is 0.214. The van der Waals surface area contributed by atoms with Gasteiger partial charge in [0.05, 0.1) is 6.61 Å². The average molecular weight is 178 g/mol. The maximum atomic E-state index is 9.17. The number of halogens is 3. The Morgan fingerprint density at radius 2 is 1.50 bits per heavy atom. The van der Waals surface area contributed by atoms with E-state index in [9.17, 15) is 0 Å². The summed E-state index contributed by atoms with van der Waals surface area (Å²) in [5.41, 5.74) is 0. The van der Waals surface area contributed by atoms with Crippen molar-refractivity contribution in [3.8, 4) is 0 Å². The molecule has 0 unspecified atom stereocenters. The van der Waals surface area contributed by atoms with E-state index < -0.39 is 4.70 Å². The van der Waals surface area contributed by atoms with Crippen molar-refractivity contribution in [3.63, 3.8) is 0 Å². The average Bonchev–Trinajstić information content (AvgIpc) is 1.65. The molecular formula is C3H4Cl3O2. The Bertz CT molecular complexity index is 50.5. The smallest absolute Gasteiger partial charge is 0.262 e. The summed E-state index contributed by atoms with van der Waals surface area (Å²) in [5.74, 6) is 0.236. The van der Waals surface area contributed by atoms with Crippen LogP contribution in [0.1, 0.15) is 0 Å². The van der Waals surface area contributed by atoms with E-state index in [0.29, 0.717) is 0 Å². The van der Waals surface area contributed by atoms with Crippen LogP contribution in [-0.4, -0.2) is 17.2 Å². The van der Waals surface area contributed by atoms with Crippen LogP contribution in [0.15, 0.2) is 0 Å². The van der Waals surface area contributed by atoms with E-state index in [0.717, 1.165) is 0 Å². The molecule has 0 aromatic rings. The van der Waals surface area contributed by atoms with Crippen LogP contribution in [-0.2, 0) is 5.11 Å². The Morgan fingerprint density at radius 3 is 1.50 bits per heavy atom. The maximum Gasteiger partial charge on any atom is 0.313 e. The molecular weight excluding hydrogens is 174 g/mol. The first-order chi connectivity index (χ1) is 3.65. The first-order valence-electron chi connectivity index (χ1n) is 1.64. The summed E-state index contributed by atoms with van der Waals surface area (Å²) in [5, 5.41) is 9.17. The fourth-order valence-corrected chi connectivity index (χ4v) is 0. The lowest BCUT2D eigenvalue weighted by Crippen LogP contribution is -1.73. The van der Waals surface area contributed by atoms with Gasteiger partial charge in [0.15, 0.2) is 0 Å². The molecule has 0 aliphatic heterocycles. The number of hydrogen-bond donors (Lipinski definition) is 0. The molecule has 5 heteroatoms. The molecule has 0 saturated carbocycles. The second-order valence-corrected chi connectivity index (χ2v) is 1.88. The van der Waals surface area contributed by atoms with Gasteiger partial charge in [-0.25, -0.2) is 5.11 Å². The monoisotopic (exact) mass is 177 g/mol. The van der Waals surface area contributed by atoms with Gasteiger partial charge in [-0.05, 0) is 23.2 Å². The summed E-state index contributed by atoms with van der Waals surface area (Å²) in [6.07, 6.45) is 0. The van der Waals surface area contributed by atoms with Crippen LogP contribution in [0.3, 0.4) is 0 Å². The molecule has 0 fully saturated rings. The number of hydrogen-bond acceptors (Lipinski definition) is 1. The maximum absolute atomic E-state index is 9.17. The van der Waals surface area contributed by atoms with Crippen molar-refractivity contribution >= 4 is 39.5 Å². The van der Waals surface area contributed by atoms with E-state index in [2.05, 4.69) is 23.2 Å². The molecule has 0 aliphatic rings. The van der Waals surface area contributed by atoms with Crippen molar-refractivity contribution in [1.29, 1.82) is 0 Å². The molecule has 0 saturated heterocycles. The van der Waals surface area contributed by atoms with Gasteiger partial charge < -0.3 is 0 Å². The van der Waals surface area contributed by atoms with E-state index in [-0.39, 0.29) is 12.5 Å². The van der Waals surface area contributed by atoms with E-state index in [4.69, 9.17) is 21.5 Å². The molecule has 0 N–H and O–H groups in total. The SMILES string of the molecule is O=C(Cl)Cl.[O]CCCl. The molecule has 0 aromatic carbocycles. The predicted molar refractivity (Wildman–Crippen MR) is 33.4 cm³/mol. The minimum Gasteiger partial charge on any atom is -0.262 e. The van der Waals surface area contributed by atoms with Gasteiger partial charge in [0, 0.05) is 5.88 Å². The zero-order chi connectivity index (χ0) is 6.99. The van der Waals surface area contributed by atoms with Gasteiger partial charge in [0.25, 0.3) is 0 Å². The Hall–Kier alpha value is 0.500. The van der Waals surface area contributed by atoms with Crippen LogP contribution in [0.5, 0.6) is 0 Å². The van der Waals surface area contributed by atoms with Crippen molar-refractivity contribution in [2.75, 3.05) is 12.5 Å². The van der Waals surface area contributed by atoms with Gasteiger partial charge in [-0.2, -0.15) is 0 Å². The largest absolute Gasteiger partial charge is 0.313 e. The predicted octanol–water partition coefficient (Wildman–Crippen LogP) is 2.24. The van der Waals surface area contributed by atoms with E-state index in [1.165, 1.54) is 0 Å². The number of carbonyl (C=O) groups is 1. The topological polar surface area (TPSA) is 37.0 Å². The molecule has 0 aliphatic carbocycles. The highest BCUT2D eigenvalue weighted by atomic mass is 35.5. The lowest BCUT2D eigenvalue weighted by Gasteiger charge is -1.62. The van der Waals surface area contributed by atoms with Gasteiger partial charge in [-0.3, -0.25) is 4.79 Å². The van der Waals surface area contributed by atoms with Crippen LogP contribution >= 0.6 is 34.8 Å². The molecule has 0 amide bonds. The Balaban J connectivity index is 0. The third-order valence-electron chi connectivity index (χ3n) is 0.0772. The molecule has 8 heavy (non-hydrogen) atoms. The summed E-state index contributed by atoms with van der Waals surface area (Å²) < 4.78 is -0.889. The Kier molecular flexibility index (Phi) is 14.8. The summed E-state index contributed by atoms with van der Waals surface area (Å²) in [4.78, 5) is 8.98. The summed E-state index contributed by atoms with van der Waals surface area (Å²) in [6.45, 7) is -0.165. The van der Waals surface area contributed by atoms with Crippen molar-refractivity contribution in [3.05, 3.63) is 0 Å². The highest BCUT2D eigenvalue weighted by molar-refractivity contribution is 6.93. The third kappa shape index (κ3) is 87.4. The van der Waals surface area contributed by atoms with Crippen LogP contribution < -0.4 is 0 Å². The summed E-state index contributed by atoms with van der Waals surface area (Å²) in [7, 11) is 0. The lowest BCUT2D eigenvalue weighted by atomic mass is 10.9. The van der Waals surface area contributed by atoms with Gasteiger partial charge in [0.1, 0.15) is 0 Å². The third-order valence-corrected chi connectivity index (χ3v) is 0.231. The number of rotatable bonds is 1. The van der Waals surface area contributed by atoms with E-state index in [1.807, 2.05) is 0 Å². The van der Waals surface area contributed by atoms with Gasteiger partial charge >= 0.3 is 4.70 Å². The normalized spacial score (nSPS) is 7.00. The second kappa shape index (κ2) is 10.5. The van der Waals surface area contributed by atoms with Crippen molar-refractivity contribution < 1.29 is 9.90 Å². The van der Waals surface area contributed by atoms with Crippen molar-refractivity contribution in [1.82, 2.24) is 0 Å². The standard InChI is InChI=1S/C2H4ClO.CCl2O/c3-1-2-4;2-1(3)4/h1-2H2;. The molecule has 0 bridgehead atoms. The van der Waals surface area contributed by atoms with Crippen LogP contribution in [0.2, 0.25) is 0 Å². The molecule has 0 aromatic heterocycles. The van der Waals surface area contributed by atoms with Crippen LogP contribution in [0.25, 0.3) is 0 Å². The number of alkyl halides is 1. The summed E-state index contributed by atoms with van der Waals surface area (Å²) in [6, 6.07) is 0. The zero-order valence-corrected chi connectivity index (χ0v) is 6.13. The molecule has 49 valence electrons. The van der Waals surface area contributed by atoms with E-state index >= 15 is 0 Å². The first kappa shape index (κ1) is 11.3. The van der Waals surface area contributed by atoms with Gasteiger partial charge in [-0.1, -0.05) is 0 Å². The fraction of sp³-hybridized carbons (Fsp3) is 0.667. The quantitative estimate of drug-likeness (QED) is 0.448. The van der Waals surface area contributed by atoms with Crippen molar-refractivity contribution in [2.45, 2.75) is 0 Å². The zero-order valence-electron chi connectivity index (χ0n) is 3.86. The second-order valence-electron chi connectivity index (χ2n) is 0.619. The van der Waals surface area contributed by atoms with Gasteiger partial charge in [-0.15, -0.1) is 11.6 Å². The fourth-order valence-electron chi connectivity index (χ4n) is 0. The first-order valence-corrected chi connectivity index (χ1v) is 2.93. The molecule has 0 atom stereocenters. The molecule has 0 rings (SSSR count). The highest BCUT2D eigenvalue weighted by Crippen LogP contribution is 1.84. The van der Waals surface area contributed by atoms with Crippen LogP contribution in [0, 0.1) is 0 Å².